The van der Waals surface area contributed by atoms with Gasteiger partial charge in [-0.15, -0.1) is 22.7 Å². The highest BCUT2D eigenvalue weighted by atomic mass is 35.5. The first-order valence-electron chi connectivity index (χ1n) is 7.58. The molecular formula is C17H13ClN4OS2. The van der Waals surface area contributed by atoms with Gasteiger partial charge in [0.05, 0.1) is 16.9 Å². The van der Waals surface area contributed by atoms with Crippen LogP contribution in [0, 0.1) is 0 Å². The number of aromatic nitrogens is 3. The van der Waals surface area contributed by atoms with E-state index in [2.05, 4.69) is 15.3 Å². The van der Waals surface area contributed by atoms with Gasteiger partial charge in [0, 0.05) is 40.5 Å². The van der Waals surface area contributed by atoms with Crippen molar-refractivity contribution in [1.29, 1.82) is 0 Å². The third-order valence-electron chi connectivity index (χ3n) is 3.71. The number of nitrogens with zero attached hydrogens (tertiary/aromatic N) is 3. The lowest BCUT2D eigenvalue weighted by Gasteiger charge is -2.03. The molecule has 4 rings (SSSR count). The zero-order chi connectivity index (χ0) is 17.2. The van der Waals surface area contributed by atoms with Crippen LogP contribution < -0.4 is 5.32 Å². The van der Waals surface area contributed by atoms with Gasteiger partial charge in [0.2, 0.25) is 0 Å². The second-order valence-corrected chi connectivity index (χ2v) is 7.39. The van der Waals surface area contributed by atoms with Crippen molar-refractivity contribution in [2.45, 2.75) is 6.42 Å². The van der Waals surface area contributed by atoms with Crippen LogP contribution in [0.1, 0.15) is 16.2 Å². The molecule has 3 aromatic heterocycles. The van der Waals surface area contributed by atoms with Crippen molar-refractivity contribution >= 4 is 45.1 Å². The fraction of sp³-hybridized carbons (Fsp3) is 0.118. The summed E-state index contributed by atoms with van der Waals surface area (Å²) >= 11 is 9.04. The van der Waals surface area contributed by atoms with Crippen LogP contribution in [0.2, 0.25) is 5.02 Å². The maximum absolute atomic E-state index is 12.5. The number of nitrogens with one attached hydrogen (secondary N) is 1. The lowest BCUT2D eigenvalue weighted by atomic mass is 10.2. The van der Waals surface area contributed by atoms with E-state index in [4.69, 9.17) is 11.6 Å². The largest absolute Gasteiger partial charge is 0.350 e. The highest BCUT2D eigenvalue weighted by Crippen LogP contribution is 2.25. The van der Waals surface area contributed by atoms with Crippen molar-refractivity contribution in [3.63, 3.8) is 0 Å². The smallest absolute Gasteiger partial charge is 0.269 e. The fourth-order valence-corrected chi connectivity index (χ4v) is 4.13. The Morgan fingerprint density at radius 2 is 2.24 bits per heavy atom. The zero-order valence-corrected chi connectivity index (χ0v) is 15.4. The molecule has 0 unspecified atom stereocenters. The Labute approximate surface area is 156 Å². The Kier molecular flexibility index (Phi) is 4.52. The Hall–Kier alpha value is -2.22. The first-order chi connectivity index (χ1) is 12.2. The number of hydrogen-bond acceptors (Lipinski definition) is 5. The topological polar surface area (TPSA) is 59.3 Å². The van der Waals surface area contributed by atoms with Gasteiger partial charge in [-0.2, -0.15) is 0 Å². The number of thiazole rings is 2. The zero-order valence-electron chi connectivity index (χ0n) is 13.0. The second-order valence-electron chi connectivity index (χ2n) is 5.40. The van der Waals surface area contributed by atoms with E-state index < -0.39 is 0 Å². The van der Waals surface area contributed by atoms with E-state index >= 15 is 0 Å². The SMILES string of the molecule is O=C(NCCc1cscn1)c1csc2nc(-c3cccc(Cl)c3)cn12. The number of rotatable bonds is 5. The molecule has 0 aliphatic carbocycles. The third-order valence-corrected chi connectivity index (χ3v) is 5.42. The van der Waals surface area contributed by atoms with E-state index in [-0.39, 0.29) is 5.91 Å². The van der Waals surface area contributed by atoms with Gasteiger partial charge < -0.3 is 5.32 Å². The summed E-state index contributed by atoms with van der Waals surface area (Å²) in [5.41, 5.74) is 5.09. The minimum absolute atomic E-state index is 0.114. The lowest BCUT2D eigenvalue weighted by Crippen LogP contribution is -2.26. The van der Waals surface area contributed by atoms with Crippen LogP contribution in [0.5, 0.6) is 0 Å². The third kappa shape index (κ3) is 3.44. The van der Waals surface area contributed by atoms with Gasteiger partial charge in [0.25, 0.3) is 5.91 Å². The standard InChI is InChI=1S/C17H13ClN4OS2/c18-12-3-1-2-11(6-12)14-7-22-15(9-25-17(22)21-14)16(23)19-5-4-13-8-24-10-20-13/h1-3,6-10H,4-5H2,(H,19,23). The summed E-state index contributed by atoms with van der Waals surface area (Å²) in [6, 6.07) is 7.52. The molecule has 4 aromatic rings. The number of halogens is 1. The molecular weight excluding hydrogens is 376 g/mol. The first-order valence-corrected chi connectivity index (χ1v) is 9.78. The van der Waals surface area contributed by atoms with E-state index in [1.165, 1.54) is 11.3 Å². The molecule has 0 aliphatic heterocycles. The molecule has 0 radical (unpaired) electrons. The fourth-order valence-electron chi connectivity index (χ4n) is 2.49. The maximum atomic E-state index is 12.5. The predicted octanol–water partition coefficient (Wildman–Crippen LogP) is 4.15. The van der Waals surface area contributed by atoms with Gasteiger partial charge in [-0.05, 0) is 12.1 Å². The lowest BCUT2D eigenvalue weighted by molar-refractivity contribution is 0.0948. The van der Waals surface area contributed by atoms with Crippen LogP contribution in [-0.4, -0.2) is 26.8 Å². The van der Waals surface area contributed by atoms with Gasteiger partial charge in [-0.3, -0.25) is 9.20 Å². The number of imidazole rings is 1. The van der Waals surface area contributed by atoms with Gasteiger partial charge in [-0.25, -0.2) is 9.97 Å². The molecule has 0 atom stereocenters. The molecule has 25 heavy (non-hydrogen) atoms. The number of hydrogen-bond donors (Lipinski definition) is 1. The van der Waals surface area contributed by atoms with Crippen molar-refractivity contribution in [3.05, 3.63) is 63.1 Å². The van der Waals surface area contributed by atoms with E-state index in [0.717, 1.165) is 28.3 Å². The minimum Gasteiger partial charge on any atom is -0.350 e. The molecule has 0 fully saturated rings. The molecule has 5 nitrogen and oxygen atoms in total. The maximum Gasteiger partial charge on any atom is 0.269 e. The molecule has 0 aliphatic rings. The molecule has 8 heteroatoms. The minimum atomic E-state index is -0.114. The summed E-state index contributed by atoms with van der Waals surface area (Å²) in [5, 5.41) is 7.41. The molecule has 1 N–H and O–H groups in total. The number of carbonyl (C=O) groups excluding carboxylic acids is 1. The molecule has 1 amide bonds. The first kappa shape index (κ1) is 16.3. The van der Waals surface area contributed by atoms with Crippen LogP contribution in [0.15, 0.2) is 46.7 Å². The Balaban J connectivity index is 1.52. The molecule has 126 valence electrons. The predicted molar refractivity (Wildman–Crippen MR) is 102 cm³/mol. The summed E-state index contributed by atoms with van der Waals surface area (Å²) in [7, 11) is 0. The van der Waals surface area contributed by atoms with Crippen LogP contribution in [-0.2, 0) is 6.42 Å². The van der Waals surface area contributed by atoms with Crippen LogP contribution in [0.25, 0.3) is 16.2 Å². The molecule has 0 saturated carbocycles. The van der Waals surface area contributed by atoms with Gasteiger partial charge >= 0.3 is 0 Å². The summed E-state index contributed by atoms with van der Waals surface area (Å²) in [5.74, 6) is -0.114. The molecule has 0 saturated heterocycles. The van der Waals surface area contributed by atoms with Crippen molar-refractivity contribution in [2.75, 3.05) is 6.54 Å². The van der Waals surface area contributed by atoms with Crippen molar-refractivity contribution in [3.8, 4) is 11.3 Å². The molecule has 0 bridgehead atoms. The number of benzene rings is 1. The van der Waals surface area contributed by atoms with Gasteiger partial charge in [-0.1, -0.05) is 23.7 Å². The summed E-state index contributed by atoms with van der Waals surface area (Å²) in [4.78, 5) is 22.0. The van der Waals surface area contributed by atoms with Gasteiger partial charge in [0.1, 0.15) is 5.69 Å². The van der Waals surface area contributed by atoms with Crippen LogP contribution in [0.3, 0.4) is 0 Å². The Morgan fingerprint density at radius 3 is 3.04 bits per heavy atom. The summed E-state index contributed by atoms with van der Waals surface area (Å²) < 4.78 is 1.82. The second kappa shape index (κ2) is 6.95. The van der Waals surface area contributed by atoms with Crippen molar-refractivity contribution < 1.29 is 4.79 Å². The quantitative estimate of drug-likeness (QED) is 0.558. The Morgan fingerprint density at radius 1 is 1.32 bits per heavy atom. The highest BCUT2D eigenvalue weighted by Gasteiger charge is 2.15. The number of amides is 1. The Bertz CT molecular complexity index is 1020. The molecule has 3 heterocycles. The summed E-state index contributed by atoms with van der Waals surface area (Å²) in [6.07, 6.45) is 2.59. The number of carbonyl (C=O) groups is 1. The van der Waals surface area contributed by atoms with Crippen molar-refractivity contribution in [1.82, 2.24) is 19.7 Å². The normalized spacial score (nSPS) is 11.1. The van der Waals surface area contributed by atoms with E-state index in [0.29, 0.717) is 17.3 Å². The van der Waals surface area contributed by atoms with Crippen LogP contribution >= 0.6 is 34.3 Å². The van der Waals surface area contributed by atoms with Crippen LogP contribution in [0.4, 0.5) is 0 Å². The van der Waals surface area contributed by atoms with E-state index in [1.54, 1.807) is 16.8 Å². The molecule has 0 spiro atoms. The monoisotopic (exact) mass is 388 g/mol. The highest BCUT2D eigenvalue weighted by molar-refractivity contribution is 7.15. The average Bonchev–Trinajstić information content (AvgIpc) is 3.31. The van der Waals surface area contributed by atoms with E-state index in [1.807, 2.05) is 45.6 Å². The summed E-state index contributed by atoms with van der Waals surface area (Å²) in [6.45, 7) is 0.551. The number of fused-ring (bicyclic) bond motifs is 1. The van der Waals surface area contributed by atoms with Crippen molar-refractivity contribution in [2.24, 2.45) is 0 Å². The average molecular weight is 389 g/mol. The van der Waals surface area contributed by atoms with Gasteiger partial charge in [0.15, 0.2) is 4.96 Å². The van der Waals surface area contributed by atoms with E-state index in [9.17, 15) is 4.79 Å². The molecule has 1 aromatic carbocycles.